The lowest BCUT2D eigenvalue weighted by molar-refractivity contribution is -0.113. The van der Waals surface area contributed by atoms with Gasteiger partial charge in [-0.15, -0.1) is 11.8 Å². The van der Waals surface area contributed by atoms with Gasteiger partial charge in [-0.25, -0.2) is 17.7 Å². The standard InChI is InChI=1S/C16H19N3O3S3/c1-19(2)25(21,22)12-8-9-16(17-10-12)24-11-15(20)18-13-6-4-5-7-14(13)23-3/h4-10H,11H2,1-3H3,(H,18,20). The summed E-state index contributed by atoms with van der Waals surface area (Å²) in [5.74, 6) is 0.0495. The molecule has 134 valence electrons. The van der Waals surface area contributed by atoms with Gasteiger partial charge in [0.1, 0.15) is 4.90 Å². The first kappa shape index (κ1) is 19.8. The number of carbonyl (C=O) groups is 1. The molecule has 25 heavy (non-hydrogen) atoms. The molecular weight excluding hydrogens is 378 g/mol. The summed E-state index contributed by atoms with van der Waals surface area (Å²) in [6.07, 6.45) is 3.26. The first-order chi connectivity index (χ1) is 11.8. The number of benzene rings is 1. The van der Waals surface area contributed by atoms with Crippen molar-refractivity contribution in [1.29, 1.82) is 0 Å². The number of sulfonamides is 1. The number of para-hydroxylation sites is 1. The van der Waals surface area contributed by atoms with Gasteiger partial charge < -0.3 is 5.32 Å². The van der Waals surface area contributed by atoms with Crippen molar-refractivity contribution >= 4 is 45.1 Å². The number of anilines is 1. The van der Waals surface area contributed by atoms with E-state index in [0.717, 1.165) is 14.9 Å². The van der Waals surface area contributed by atoms with E-state index in [4.69, 9.17) is 0 Å². The fourth-order valence-electron chi connectivity index (χ4n) is 1.89. The number of nitrogens with one attached hydrogen (secondary N) is 1. The maximum Gasteiger partial charge on any atom is 0.244 e. The van der Waals surface area contributed by atoms with Crippen LogP contribution in [0, 0.1) is 0 Å². The molecular formula is C16H19N3O3S3. The van der Waals surface area contributed by atoms with E-state index in [1.165, 1.54) is 38.1 Å². The van der Waals surface area contributed by atoms with Crippen LogP contribution >= 0.6 is 23.5 Å². The van der Waals surface area contributed by atoms with Gasteiger partial charge in [0.05, 0.1) is 16.5 Å². The summed E-state index contributed by atoms with van der Waals surface area (Å²) in [5.41, 5.74) is 0.779. The third-order valence-corrected chi connectivity index (χ3v) is 6.76. The minimum atomic E-state index is -3.49. The number of thioether (sulfide) groups is 2. The molecule has 0 aliphatic carbocycles. The van der Waals surface area contributed by atoms with Gasteiger partial charge in [0.25, 0.3) is 0 Å². The van der Waals surface area contributed by atoms with Crippen LogP contribution < -0.4 is 5.32 Å². The van der Waals surface area contributed by atoms with Gasteiger partial charge in [-0.1, -0.05) is 23.9 Å². The molecule has 0 atom stereocenters. The van der Waals surface area contributed by atoms with Crippen LogP contribution in [0.4, 0.5) is 5.69 Å². The number of hydrogen-bond donors (Lipinski definition) is 1. The van der Waals surface area contributed by atoms with Crippen LogP contribution in [0.25, 0.3) is 0 Å². The lowest BCUT2D eigenvalue weighted by Gasteiger charge is -2.11. The maximum absolute atomic E-state index is 12.1. The van der Waals surface area contributed by atoms with Gasteiger partial charge in [0.15, 0.2) is 0 Å². The Morgan fingerprint density at radius 1 is 1.20 bits per heavy atom. The van der Waals surface area contributed by atoms with Gasteiger partial charge in [0.2, 0.25) is 15.9 Å². The minimum Gasteiger partial charge on any atom is -0.324 e. The van der Waals surface area contributed by atoms with E-state index in [0.29, 0.717) is 5.03 Å². The van der Waals surface area contributed by atoms with Gasteiger partial charge in [0, 0.05) is 25.2 Å². The molecule has 0 saturated carbocycles. The van der Waals surface area contributed by atoms with Crippen LogP contribution in [0.2, 0.25) is 0 Å². The van der Waals surface area contributed by atoms with Crippen LogP contribution in [0.15, 0.2) is 57.4 Å². The van der Waals surface area contributed by atoms with Gasteiger partial charge >= 0.3 is 0 Å². The second kappa shape index (κ2) is 8.70. The topological polar surface area (TPSA) is 79.4 Å². The van der Waals surface area contributed by atoms with Crippen LogP contribution in [0.5, 0.6) is 0 Å². The van der Waals surface area contributed by atoms with Crippen LogP contribution in [0.1, 0.15) is 0 Å². The highest BCUT2D eigenvalue weighted by atomic mass is 32.2. The Kier molecular flexibility index (Phi) is 6.88. The molecule has 0 fully saturated rings. The van der Waals surface area contributed by atoms with Crippen LogP contribution in [-0.4, -0.2) is 49.7 Å². The molecule has 1 heterocycles. The quantitative estimate of drug-likeness (QED) is 0.724. The van der Waals surface area contributed by atoms with E-state index in [2.05, 4.69) is 10.3 Å². The van der Waals surface area contributed by atoms with Gasteiger partial charge in [-0.2, -0.15) is 0 Å². The highest BCUT2D eigenvalue weighted by Crippen LogP contribution is 2.25. The highest BCUT2D eigenvalue weighted by molar-refractivity contribution is 8.00. The number of hydrogen-bond acceptors (Lipinski definition) is 6. The predicted molar refractivity (Wildman–Crippen MR) is 103 cm³/mol. The SMILES string of the molecule is CSc1ccccc1NC(=O)CSc1ccc(S(=O)(=O)N(C)C)cn1. The first-order valence-corrected chi connectivity index (χ1v) is 10.9. The Balaban J connectivity index is 1.96. The average Bonchev–Trinajstić information content (AvgIpc) is 2.60. The summed E-state index contributed by atoms with van der Waals surface area (Å²) in [4.78, 5) is 17.3. The molecule has 9 heteroatoms. The zero-order valence-electron chi connectivity index (χ0n) is 14.1. The number of pyridine rings is 1. The fraction of sp³-hybridized carbons (Fsp3) is 0.250. The fourth-order valence-corrected chi connectivity index (χ4v) is 3.93. The highest BCUT2D eigenvalue weighted by Gasteiger charge is 2.17. The van der Waals surface area contributed by atoms with Gasteiger partial charge in [-0.3, -0.25) is 4.79 Å². The number of aromatic nitrogens is 1. The second-order valence-electron chi connectivity index (χ2n) is 5.16. The molecule has 2 rings (SSSR count). The minimum absolute atomic E-state index is 0.125. The molecule has 0 spiro atoms. The van der Waals surface area contributed by atoms with Crippen molar-refractivity contribution in [3.8, 4) is 0 Å². The molecule has 0 saturated heterocycles. The van der Waals surface area contributed by atoms with E-state index >= 15 is 0 Å². The summed E-state index contributed by atoms with van der Waals surface area (Å²) in [6.45, 7) is 0. The lowest BCUT2D eigenvalue weighted by atomic mass is 10.3. The summed E-state index contributed by atoms with van der Waals surface area (Å²) < 4.78 is 25.1. The van der Waals surface area contributed by atoms with Crippen molar-refractivity contribution in [1.82, 2.24) is 9.29 Å². The summed E-state index contributed by atoms with van der Waals surface area (Å²) in [5, 5.41) is 3.46. The Labute approximate surface area is 156 Å². The average molecular weight is 398 g/mol. The molecule has 0 bridgehead atoms. The molecule has 1 aromatic heterocycles. The van der Waals surface area contributed by atoms with E-state index in [-0.39, 0.29) is 16.6 Å². The summed E-state index contributed by atoms with van der Waals surface area (Å²) in [7, 11) is -0.559. The molecule has 1 N–H and O–H groups in total. The molecule has 0 aliphatic rings. The number of amides is 1. The molecule has 0 radical (unpaired) electrons. The molecule has 1 aromatic carbocycles. The number of carbonyl (C=O) groups excluding carboxylic acids is 1. The Hall–Kier alpha value is -1.55. The van der Waals surface area contributed by atoms with Crippen LogP contribution in [0.3, 0.4) is 0 Å². The van der Waals surface area contributed by atoms with Crippen molar-refractivity contribution in [2.45, 2.75) is 14.8 Å². The van der Waals surface area contributed by atoms with Gasteiger partial charge in [-0.05, 0) is 30.5 Å². The van der Waals surface area contributed by atoms with Crippen molar-refractivity contribution in [3.63, 3.8) is 0 Å². The van der Waals surface area contributed by atoms with Crippen molar-refractivity contribution in [2.24, 2.45) is 0 Å². The maximum atomic E-state index is 12.1. The Morgan fingerprint density at radius 3 is 2.52 bits per heavy atom. The first-order valence-electron chi connectivity index (χ1n) is 7.29. The van der Waals surface area contributed by atoms with E-state index in [1.807, 2.05) is 30.5 Å². The van der Waals surface area contributed by atoms with Crippen molar-refractivity contribution in [3.05, 3.63) is 42.6 Å². The monoisotopic (exact) mass is 397 g/mol. The third-order valence-electron chi connectivity index (χ3n) is 3.22. The zero-order valence-corrected chi connectivity index (χ0v) is 16.5. The summed E-state index contributed by atoms with van der Waals surface area (Å²) in [6, 6.07) is 10.7. The molecule has 2 aromatic rings. The van der Waals surface area contributed by atoms with Crippen LogP contribution in [-0.2, 0) is 14.8 Å². The molecule has 6 nitrogen and oxygen atoms in total. The molecule has 0 unspecified atom stereocenters. The van der Waals surface area contributed by atoms with E-state index in [1.54, 1.807) is 17.8 Å². The molecule has 0 aliphatic heterocycles. The zero-order chi connectivity index (χ0) is 18.4. The predicted octanol–water partition coefficient (Wildman–Crippen LogP) is 2.78. The van der Waals surface area contributed by atoms with Crippen molar-refractivity contribution in [2.75, 3.05) is 31.4 Å². The van der Waals surface area contributed by atoms with Crippen molar-refractivity contribution < 1.29 is 13.2 Å². The smallest absolute Gasteiger partial charge is 0.244 e. The lowest BCUT2D eigenvalue weighted by Crippen LogP contribution is -2.22. The third kappa shape index (κ3) is 5.21. The number of nitrogens with zero attached hydrogens (tertiary/aromatic N) is 2. The van der Waals surface area contributed by atoms with E-state index < -0.39 is 10.0 Å². The largest absolute Gasteiger partial charge is 0.324 e. The summed E-state index contributed by atoms with van der Waals surface area (Å²) >= 11 is 2.81. The second-order valence-corrected chi connectivity index (χ2v) is 9.15. The Bertz CT molecular complexity index is 837. The normalized spacial score (nSPS) is 11.5. The molecule has 1 amide bonds. The Morgan fingerprint density at radius 2 is 1.92 bits per heavy atom. The van der Waals surface area contributed by atoms with E-state index in [9.17, 15) is 13.2 Å². The number of rotatable bonds is 7.